The normalized spacial score (nSPS) is 17.7. The summed E-state index contributed by atoms with van der Waals surface area (Å²) < 4.78 is 13.6. The van der Waals surface area contributed by atoms with Gasteiger partial charge in [-0.2, -0.15) is 5.26 Å². The Morgan fingerprint density at radius 1 is 1.37 bits per heavy atom. The van der Waals surface area contributed by atoms with E-state index in [0.29, 0.717) is 17.6 Å². The quantitative estimate of drug-likeness (QED) is 0.867. The Morgan fingerprint density at radius 3 is 2.74 bits per heavy atom. The highest BCUT2D eigenvalue weighted by Gasteiger charge is 2.23. The SMILES string of the molecule is CCC(Nc1cccc(F)c1C#N)C1CCCCC1. The lowest BCUT2D eigenvalue weighted by molar-refractivity contribution is 0.313. The van der Waals surface area contributed by atoms with Gasteiger partial charge in [0.2, 0.25) is 0 Å². The van der Waals surface area contributed by atoms with Crippen molar-refractivity contribution in [2.24, 2.45) is 5.92 Å². The van der Waals surface area contributed by atoms with Crippen molar-refractivity contribution in [3.8, 4) is 6.07 Å². The summed E-state index contributed by atoms with van der Waals surface area (Å²) in [6.45, 7) is 2.15. The molecule has 0 spiro atoms. The van der Waals surface area contributed by atoms with Gasteiger partial charge in [0, 0.05) is 6.04 Å². The van der Waals surface area contributed by atoms with Crippen LogP contribution in [-0.2, 0) is 0 Å². The standard InChI is InChI=1S/C16H21FN2/c1-2-15(12-7-4-3-5-8-12)19-16-10-6-9-14(17)13(16)11-18/h6,9-10,12,15,19H,2-5,7-8H2,1H3. The third-order valence-electron chi connectivity index (χ3n) is 4.13. The van der Waals surface area contributed by atoms with Crippen LogP contribution in [-0.4, -0.2) is 6.04 Å². The van der Waals surface area contributed by atoms with Crippen LogP contribution in [0.4, 0.5) is 10.1 Å². The minimum Gasteiger partial charge on any atom is -0.381 e. The van der Waals surface area contributed by atoms with Crippen molar-refractivity contribution in [3.05, 3.63) is 29.6 Å². The van der Waals surface area contributed by atoms with Gasteiger partial charge in [-0.1, -0.05) is 32.3 Å². The van der Waals surface area contributed by atoms with Crippen LogP contribution in [0, 0.1) is 23.1 Å². The molecule has 1 aromatic rings. The highest BCUT2D eigenvalue weighted by molar-refractivity contribution is 5.58. The lowest BCUT2D eigenvalue weighted by Crippen LogP contribution is -2.30. The summed E-state index contributed by atoms with van der Waals surface area (Å²) >= 11 is 0. The topological polar surface area (TPSA) is 35.8 Å². The number of hydrogen-bond donors (Lipinski definition) is 1. The highest BCUT2D eigenvalue weighted by atomic mass is 19.1. The molecule has 1 aromatic carbocycles. The molecule has 3 heteroatoms. The van der Waals surface area contributed by atoms with Gasteiger partial charge in [-0.3, -0.25) is 0 Å². The fourth-order valence-electron chi connectivity index (χ4n) is 3.05. The summed E-state index contributed by atoms with van der Waals surface area (Å²) in [5, 5.41) is 12.5. The van der Waals surface area contributed by atoms with Gasteiger partial charge in [0.25, 0.3) is 0 Å². The van der Waals surface area contributed by atoms with E-state index in [1.807, 2.05) is 6.07 Å². The van der Waals surface area contributed by atoms with Gasteiger partial charge < -0.3 is 5.32 Å². The lowest BCUT2D eigenvalue weighted by atomic mass is 9.83. The first kappa shape index (κ1) is 13.9. The molecule has 1 aliphatic carbocycles. The number of rotatable bonds is 4. The van der Waals surface area contributed by atoms with Crippen LogP contribution >= 0.6 is 0 Å². The summed E-state index contributed by atoms with van der Waals surface area (Å²) in [7, 11) is 0. The van der Waals surface area contributed by atoms with Crippen molar-refractivity contribution < 1.29 is 4.39 Å². The first-order chi connectivity index (χ1) is 9.26. The van der Waals surface area contributed by atoms with Gasteiger partial charge >= 0.3 is 0 Å². The Kier molecular flexibility index (Phi) is 4.79. The summed E-state index contributed by atoms with van der Waals surface area (Å²) in [5.41, 5.74) is 0.775. The molecule has 1 atom stereocenters. The molecule has 0 bridgehead atoms. The zero-order valence-corrected chi connectivity index (χ0v) is 11.5. The first-order valence-corrected chi connectivity index (χ1v) is 7.21. The summed E-state index contributed by atoms with van der Waals surface area (Å²) in [4.78, 5) is 0. The molecule has 19 heavy (non-hydrogen) atoms. The number of hydrogen-bond acceptors (Lipinski definition) is 2. The van der Waals surface area contributed by atoms with E-state index >= 15 is 0 Å². The minimum absolute atomic E-state index is 0.136. The van der Waals surface area contributed by atoms with Crippen molar-refractivity contribution in [2.45, 2.75) is 51.5 Å². The predicted octanol–water partition coefficient (Wildman–Crippen LogP) is 4.47. The Bertz CT molecular complexity index is 458. The number of benzene rings is 1. The van der Waals surface area contributed by atoms with E-state index < -0.39 is 5.82 Å². The molecule has 0 aliphatic heterocycles. The van der Waals surface area contributed by atoms with Crippen LogP contribution in [0.5, 0.6) is 0 Å². The van der Waals surface area contributed by atoms with Crippen LogP contribution in [0.1, 0.15) is 51.0 Å². The molecule has 2 nitrogen and oxygen atoms in total. The zero-order chi connectivity index (χ0) is 13.7. The third kappa shape index (κ3) is 3.26. The van der Waals surface area contributed by atoms with Crippen LogP contribution in [0.2, 0.25) is 0 Å². The molecule has 102 valence electrons. The largest absolute Gasteiger partial charge is 0.381 e. The monoisotopic (exact) mass is 260 g/mol. The number of halogens is 1. The van der Waals surface area contributed by atoms with Crippen LogP contribution in [0.25, 0.3) is 0 Å². The number of nitrogens with one attached hydrogen (secondary N) is 1. The Hall–Kier alpha value is -1.56. The Balaban J connectivity index is 2.14. The van der Waals surface area contributed by atoms with Gasteiger partial charge in [0.05, 0.1) is 5.69 Å². The molecule has 0 heterocycles. The average molecular weight is 260 g/mol. The molecule has 1 saturated carbocycles. The predicted molar refractivity (Wildman–Crippen MR) is 75.4 cm³/mol. The summed E-state index contributed by atoms with van der Waals surface area (Å²) in [6.07, 6.45) is 7.39. The fraction of sp³-hybridized carbons (Fsp3) is 0.562. The van der Waals surface area contributed by atoms with E-state index in [4.69, 9.17) is 5.26 Å². The van der Waals surface area contributed by atoms with E-state index in [1.165, 1.54) is 38.2 Å². The molecular formula is C16H21FN2. The van der Waals surface area contributed by atoms with E-state index in [0.717, 1.165) is 6.42 Å². The molecule has 0 aromatic heterocycles. The van der Waals surface area contributed by atoms with Crippen molar-refractivity contribution in [2.75, 3.05) is 5.32 Å². The summed E-state index contributed by atoms with van der Waals surface area (Å²) in [6, 6.07) is 7.10. The maximum atomic E-state index is 13.6. The van der Waals surface area contributed by atoms with E-state index in [1.54, 1.807) is 12.1 Å². The smallest absolute Gasteiger partial charge is 0.143 e. The maximum absolute atomic E-state index is 13.6. The maximum Gasteiger partial charge on any atom is 0.143 e. The molecule has 1 unspecified atom stereocenters. The van der Waals surface area contributed by atoms with Gasteiger partial charge in [0.15, 0.2) is 0 Å². The number of nitrogens with zero attached hydrogens (tertiary/aromatic N) is 1. The van der Waals surface area contributed by atoms with E-state index in [9.17, 15) is 4.39 Å². The molecule has 1 N–H and O–H groups in total. The number of anilines is 1. The van der Waals surface area contributed by atoms with E-state index in [-0.39, 0.29) is 5.56 Å². The van der Waals surface area contributed by atoms with Gasteiger partial charge in [-0.05, 0) is 37.3 Å². The second-order valence-corrected chi connectivity index (χ2v) is 5.33. The highest BCUT2D eigenvalue weighted by Crippen LogP contribution is 2.30. The second kappa shape index (κ2) is 6.56. The van der Waals surface area contributed by atoms with Gasteiger partial charge in [-0.25, -0.2) is 4.39 Å². The fourth-order valence-corrected chi connectivity index (χ4v) is 3.05. The third-order valence-corrected chi connectivity index (χ3v) is 4.13. The van der Waals surface area contributed by atoms with Crippen LogP contribution in [0.3, 0.4) is 0 Å². The first-order valence-electron chi connectivity index (χ1n) is 7.21. The molecule has 2 rings (SSSR count). The van der Waals surface area contributed by atoms with Crippen molar-refractivity contribution >= 4 is 5.69 Å². The average Bonchev–Trinajstić information content (AvgIpc) is 2.46. The Morgan fingerprint density at radius 2 is 2.11 bits per heavy atom. The molecular weight excluding hydrogens is 239 g/mol. The Labute approximate surface area is 114 Å². The lowest BCUT2D eigenvalue weighted by Gasteiger charge is -2.31. The molecule has 1 fully saturated rings. The van der Waals surface area contributed by atoms with Gasteiger partial charge in [0.1, 0.15) is 17.4 Å². The van der Waals surface area contributed by atoms with E-state index in [2.05, 4.69) is 12.2 Å². The van der Waals surface area contributed by atoms with Crippen molar-refractivity contribution in [1.82, 2.24) is 0 Å². The molecule has 0 amide bonds. The molecule has 1 aliphatic rings. The number of nitriles is 1. The second-order valence-electron chi connectivity index (χ2n) is 5.33. The van der Waals surface area contributed by atoms with Crippen LogP contribution in [0.15, 0.2) is 18.2 Å². The van der Waals surface area contributed by atoms with Crippen LogP contribution < -0.4 is 5.32 Å². The van der Waals surface area contributed by atoms with Gasteiger partial charge in [-0.15, -0.1) is 0 Å². The minimum atomic E-state index is -0.439. The summed E-state index contributed by atoms with van der Waals surface area (Å²) in [5.74, 6) is 0.208. The van der Waals surface area contributed by atoms with Crippen molar-refractivity contribution in [1.29, 1.82) is 5.26 Å². The zero-order valence-electron chi connectivity index (χ0n) is 11.5. The van der Waals surface area contributed by atoms with Crippen molar-refractivity contribution in [3.63, 3.8) is 0 Å². The molecule has 0 radical (unpaired) electrons. The molecule has 0 saturated heterocycles.